The normalized spacial score (nSPS) is 18.5. The Hall–Kier alpha value is -0.870. The largest absolute Gasteiger partial charge is 0.366 e. The van der Waals surface area contributed by atoms with Gasteiger partial charge in [-0.2, -0.15) is 0 Å². The summed E-state index contributed by atoms with van der Waals surface area (Å²) in [6, 6.07) is 1.88. The summed E-state index contributed by atoms with van der Waals surface area (Å²) in [5.74, 6) is -0.340. The van der Waals surface area contributed by atoms with Gasteiger partial charge in [0, 0.05) is 22.3 Å². The topological polar surface area (TPSA) is 55.1 Å². The smallest absolute Gasteiger partial charge is 0.249 e. The van der Waals surface area contributed by atoms with Crippen molar-refractivity contribution in [2.24, 2.45) is 5.73 Å². The number of amides is 1. The second-order valence-electron chi connectivity index (χ2n) is 4.43. The average Bonchev–Trinajstić information content (AvgIpc) is 2.60. The third-order valence-corrected chi connectivity index (χ3v) is 4.02. The molecule has 0 saturated heterocycles. The Morgan fingerprint density at radius 2 is 2.40 bits per heavy atom. The first-order chi connectivity index (χ1) is 7.09. The molecule has 0 aromatic carbocycles. The Labute approximate surface area is 93.7 Å². The summed E-state index contributed by atoms with van der Waals surface area (Å²) in [5.41, 5.74) is 6.13. The lowest BCUT2D eigenvalue weighted by molar-refractivity contribution is 0.100. The lowest BCUT2D eigenvalue weighted by atomic mass is 9.78. The molecule has 1 aromatic rings. The maximum Gasteiger partial charge on any atom is 0.249 e. The van der Waals surface area contributed by atoms with Crippen molar-refractivity contribution >= 4 is 17.2 Å². The fourth-order valence-corrected chi connectivity index (χ4v) is 2.60. The molecule has 0 spiro atoms. The van der Waals surface area contributed by atoms with Crippen LogP contribution in [-0.2, 0) is 6.54 Å². The molecular weight excluding hydrogens is 208 g/mol. The summed E-state index contributed by atoms with van der Waals surface area (Å²) < 4.78 is 0. The van der Waals surface area contributed by atoms with Gasteiger partial charge in [-0.3, -0.25) is 4.79 Å². The van der Waals surface area contributed by atoms with Gasteiger partial charge in [-0.15, -0.1) is 11.3 Å². The van der Waals surface area contributed by atoms with Crippen molar-refractivity contribution in [3.63, 3.8) is 0 Å². The minimum Gasteiger partial charge on any atom is -0.366 e. The first-order valence-corrected chi connectivity index (χ1v) is 6.09. The minimum absolute atomic E-state index is 0.316. The van der Waals surface area contributed by atoms with Gasteiger partial charge < -0.3 is 11.1 Å². The van der Waals surface area contributed by atoms with Crippen LogP contribution in [0.25, 0.3) is 0 Å². The zero-order chi connectivity index (χ0) is 10.9. The molecular formula is C11H16N2OS. The van der Waals surface area contributed by atoms with Crippen molar-refractivity contribution < 1.29 is 4.79 Å². The molecule has 2 rings (SSSR count). The van der Waals surface area contributed by atoms with Crippen LogP contribution in [0.4, 0.5) is 0 Å². The molecule has 3 nitrogen and oxygen atoms in total. The molecule has 4 heteroatoms. The molecule has 0 atom stereocenters. The van der Waals surface area contributed by atoms with Gasteiger partial charge in [-0.05, 0) is 32.3 Å². The van der Waals surface area contributed by atoms with Crippen LogP contribution in [0.5, 0.6) is 0 Å². The molecule has 1 amide bonds. The van der Waals surface area contributed by atoms with E-state index in [1.54, 1.807) is 11.3 Å². The van der Waals surface area contributed by atoms with E-state index in [-0.39, 0.29) is 5.91 Å². The molecule has 0 aliphatic heterocycles. The zero-order valence-corrected chi connectivity index (χ0v) is 9.69. The molecule has 3 N–H and O–H groups in total. The average molecular weight is 224 g/mol. The van der Waals surface area contributed by atoms with E-state index in [0.717, 1.165) is 6.54 Å². The third-order valence-electron chi connectivity index (χ3n) is 3.08. The van der Waals surface area contributed by atoms with Crippen LogP contribution in [0, 0.1) is 0 Å². The summed E-state index contributed by atoms with van der Waals surface area (Å²) >= 11 is 1.59. The first kappa shape index (κ1) is 10.6. The highest BCUT2D eigenvalue weighted by molar-refractivity contribution is 7.10. The van der Waals surface area contributed by atoms with Crippen LogP contribution in [0.3, 0.4) is 0 Å². The maximum absolute atomic E-state index is 10.9. The summed E-state index contributed by atoms with van der Waals surface area (Å²) in [7, 11) is 0. The number of nitrogens with one attached hydrogen (secondary N) is 1. The van der Waals surface area contributed by atoms with Gasteiger partial charge in [-0.1, -0.05) is 0 Å². The van der Waals surface area contributed by atoms with Gasteiger partial charge in [0.1, 0.15) is 0 Å². The predicted octanol–water partition coefficient (Wildman–Crippen LogP) is 1.88. The van der Waals surface area contributed by atoms with E-state index >= 15 is 0 Å². The Bertz CT molecular complexity index is 368. The molecule has 1 fully saturated rings. The number of carbonyl (C=O) groups is 1. The van der Waals surface area contributed by atoms with Crippen LogP contribution in [0.15, 0.2) is 11.4 Å². The van der Waals surface area contributed by atoms with Crippen molar-refractivity contribution in [3.8, 4) is 0 Å². The van der Waals surface area contributed by atoms with Gasteiger partial charge in [0.2, 0.25) is 5.91 Å². The van der Waals surface area contributed by atoms with Crippen LogP contribution in [0.1, 0.15) is 41.4 Å². The van der Waals surface area contributed by atoms with Crippen LogP contribution in [0.2, 0.25) is 0 Å². The molecule has 0 unspecified atom stereocenters. The van der Waals surface area contributed by atoms with Gasteiger partial charge in [-0.25, -0.2) is 0 Å². The highest BCUT2D eigenvalue weighted by atomic mass is 32.1. The van der Waals surface area contributed by atoms with Gasteiger partial charge in [0.15, 0.2) is 0 Å². The zero-order valence-electron chi connectivity index (χ0n) is 8.88. The molecule has 1 heterocycles. The number of hydrogen-bond donors (Lipinski definition) is 2. The van der Waals surface area contributed by atoms with E-state index in [2.05, 4.69) is 12.2 Å². The fourth-order valence-electron chi connectivity index (χ4n) is 1.79. The van der Waals surface area contributed by atoms with Crippen LogP contribution in [-0.4, -0.2) is 11.4 Å². The van der Waals surface area contributed by atoms with Crippen molar-refractivity contribution in [2.75, 3.05) is 0 Å². The van der Waals surface area contributed by atoms with Crippen molar-refractivity contribution in [1.29, 1.82) is 0 Å². The summed E-state index contributed by atoms with van der Waals surface area (Å²) in [6.07, 6.45) is 3.82. The van der Waals surface area contributed by atoms with E-state index in [9.17, 15) is 4.79 Å². The minimum atomic E-state index is -0.340. The van der Waals surface area contributed by atoms with E-state index in [1.165, 1.54) is 24.1 Å². The number of nitrogens with two attached hydrogens (primary N) is 1. The lowest BCUT2D eigenvalue weighted by Gasteiger charge is -2.39. The van der Waals surface area contributed by atoms with Gasteiger partial charge in [0.25, 0.3) is 0 Å². The quantitative estimate of drug-likeness (QED) is 0.820. The highest BCUT2D eigenvalue weighted by Crippen LogP contribution is 2.31. The van der Waals surface area contributed by atoms with Crippen molar-refractivity contribution in [2.45, 2.75) is 38.3 Å². The van der Waals surface area contributed by atoms with Crippen LogP contribution < -0.4 is 11.1 Å². The molecule has 0 bridgehead atoms. The standard InChI is InChI=1S/C11H16N2OS/c1-11(3-2-4-11)13-6-9-5-8(7-15-9)10(12)14/h5,7,13H,2-4,6H2,1H3,(H2,12,14). The fraction of sp³-hybridized carbons (Fsp3) is 0.545. The summed E-state index contributed by atoms with van der Waals surface area (Å²) in [6.45, 7) is 3.09. The van der Waals surface area contributed by atoms with E-state index < -0.39 is 0 Å². The second-order valence-corrected chi connectivity index (χ2v) is 5.43. The monoisotopic (exact) mass is 224 g/mol. The molecule has 15 heavy (non-hydrogen) atoms. The number of rotatable bonds is 4. The Balaban J connectivity index is 1.90. The van der Waals surface area contributed by atoms with Crippen LogP contribution >= 0.6 is 11.3 Å². The lowest BCUT2D eigenvalue weighted by Crippen LogP contribution is -2.47. The second kappa shape index (κ2) is 3.94. The van der Waals surface area contributed by atoms with E-state index in [4.69, 9.17) is 5.73 Å². The molecule has 1 aliphatic rings. The van der Waals surface area contributed by atoms with Crippen molar-refractivity contribution in [3.05, 3.63) is 21.9 Å². The predicted molar refractivity (Wildman–Crippen MR) is 61.9 cm³/mol. The summed E-state index contributed by atoms with van der Waals surface area (Å²) in [4.78, 5) is 12.1. The molecule has 1 saturated carbocycles. The number of thiophene rings is 1. The first-order valence-electron chi connectivity index (χ1n) is 5.21. The van der Waals surface area contributed by atoms with E-state index in [1.807, 2.05) is 11.4 Å². The highest BCUT2D eigenvalue weighted by Gasteiger charge is 2.30. The van der Waals surface area contributed by atoms with Crippen molar-refractivity contribution in [1.82, 2.24) is 5.32 Å². The van der Waals surface area contributed by atoms with Gasteiger partial charge in [0.05, 0.1) is 5.56 Å². The molecule has 1 aromatic heterocycles. The Morgan fingerprint density at radius 1 is 1.67 bits per heavy atom. The molecule has 1 aliphatic carbocycles. The molecule has 0 radical (unpaired) electrons. The number of primary amides is 1. The van der Waals surface area contributed by atoms with Gasteiger partial charge >= 0.3 is 0 Å². The Morgan fingerprint density at radius 3 is 2.87 bits per heavy atom. The Kier molecular flexibility index (Phi) is 2.80. The summed E-state index contributed by atoms with van der Waals surface area (Å²) in [5, 5.41) is 5.34. The maximum atomic E-state index is 10.9. The number of carbonyl (C=O) groups excluding carboxylic acids is 1. The molecule has 82 valence electrons. The number of hydrogen-bond acceptors (Lipinski definition) is 3. The SMILES string of the molecule is CC1(NCc2cc(C(N)=O)cs2)CCC1. The third kappa shape index (κ3) is 2.38. The van der Waals surface area contributed by atoms with E-state index in [0.29, 0.717) is 11.1 Å².